The van der Waals surface area contributed by atoms with E-state index in [1.54, 1.807) is 6.92 Å². The van der Waals surface area contributed by atoms with Crippen LogP contribution < -0.4 is 10.6 Å². The first kappa shape index (κ1) is 11.6. The van der Waals surface area contributed by atoms with Crippen molar-refractivity contribution < 1.29 is 9.32 Å². The Morgan fingerprint density at radius 1 is 1.44 bits per heavy atom. The molecule has 1 aliphatic heterocycles. The summed E-state index contributed by atoms with van der Waals surface area (Å²) in [6.45, 7) is 3.32. The second-order valence-electron chi connectivity index (χ2n) is 5.27. The molecule has 0 aromatic carbocycles. The number of aromatic nitrogens is 2. The predicted molar refractivity (Wildman–Crippen MR) is 63.7 cm³/mol. The quantitative estimate of drug-likeness (QED) is 0.815. The monoisotopic (exact) mass is 250 g/mol. The van der Waals surface area contributed by atoms with Crippen LogP contribution in [-0.4, -0.2) is 29.1 Å². The normalized spacial score (nSPS) is 22.7. The Bertz CT molecular complexity index is 447. The van der Waals surface area contributed by atoms with Crippen LogP contribution in [0.1, 0.15) is 37.4 Å². The SMILES string of the molecule is Cc1nc(C2(NC(=O)C3CNC3)CCCC2)no1. The molecule has 1 saturated heterocycles. The fourth-order valence-electron chi connectivity index (χ4n) is 2.69. The van der Waals surface area contributed by atoms with E-state index >= 15 is 0 Å². The van der Waals surface area contributed by atoms with Crippen LogP contribution in [-0.2, 0) is 10.3 Å². The van der Waals surface area contributed by atoms with Crippen LogP contribution in [0.15, 0.2) is 4.52 Å². The molecule has 2 aliphatic rings. The first-order valence-corrected chi connectivity index (χ1v) is 6.53. The molecule has 0 bridgehead atoms. The standard InChI is InChI=1S/C12H18N4O2/c1-8-14-11(16-18-8)12(4-2-3-5-12)15-10(17)9-6-13-7-9/h9,13H,2-7H2,1H3,(H,15,17). The van der Waals surface area contributed by atoms with Gasteiger partial charge in [0.1, 0.15) is 5.54 Å². The molecule has 0 atom stereocenters. The highest BCUT2D eigenvalue weighted by Gasteiger charge is 2.42. The van der Waals surface area contributed by atoms with Crippen LogP contribution in [0.5, 0.6) is 0 Å². The topological polar surface area (TPSA) is 80.0 Å². The Morgan fingerprint density at radius 3 is 2.67 bits per heavy atom. The van der Waals surface area contributed by atoms with Crippen LogP contribution in [0.25, 0.3) is 0 Å². The highest BCUT2D eigenvalue weighted by Crippen LogP contribution is 2.37. The Balaban J connectivity index is 1.80. The van der Waals surface area contributed by atoms with Gasteiger partial charge in [0.15, 0.2) is 5.82 Å². The first-order valence-electron chi connectivity index (χ1n) is 6.53. The zero-order valence-corrected chi connectivity index (χ0v) is 10.5. The summed E-state index contributed by atoms with van der Waals surface area (Å²) < 4.78 is 5.06. The van der Waals surface area contributed by atoms with Crippen molar-refractivity contribution in [2.45, 2.75) is 38.1 Å². The molecule has 1 aromatic rings. The number of carbonyl (C=O) groups is 1. The van der Waals surface area contributed by atoms with Crippen molar-refractivity contribution in [2.24, 2.45) is 5.92 Å². The number of aryl methyl sites for hydroxylation is 1. The average molecular weight is 250 g/mol. The van der Waals surface area contributed by atoms with Gasteiger partial charge in [0.05, 0.1) is 5.92 Å². The first-order chi connectivity index (χ1) is 8.70. The number of amides is 1. The minimum Gasteiger partial charge on any atom is -0.343 e. The van der Waals surface area contributed by atoms with Crippen LogP contribution in [0, 0.1) is 12.8 Å². The molecule has 18 heavy (non-hydrogen) atoms. The molecule has 3 rings (SSSR count). The van der Waals surface area contributed by atoms with Crippen molar-refractivity contribution >= 4 is 5.91 Å². The third-order valence-electron chi connectivity index (χ3n) is 3.93. The second-order valence-corrected chi connectivity index (χ2v) is 5.27. The van der Waals surface area contributed by atoms with Gasteiger partial charge in [-0.05, 0) is 12.8 Å². The summed E-state index contributed by atoms with van der Waals surface area (Å²) >= 11 is 0. The fraction of sp³-hybridized carbons (Fsp3) is 0.750. The Labute approximate surface area is 106 Å². The molecule has 0 radical (unpaired) electrons. The van der Waals surface area contributed by atoms with E-state index in [0.29, 0.717) is 11.7 Å². The molecule has 0 spiro atoms. The summed E-state index contributed by atoms with van der Waals surface area (Å²) in [5, 5.41) is 10.3. The molecule has 6 nitrogen and oxygen atoms in total. The third-order valence-corrected chi connectivity index (χ3v) is 3.93. The fourth-order valence-corrected chi connectivity index (χ4v) is 2.69. The summed E-state index contributed by atoms with van der Waals surface area (Å²) in [5.74, 6) is 1.39. The molecule has 2 N–H and O–H groups in total. The lowest BCUT2D eigenvalue weighted by Crippen LogP contribution is -2.55. The minimum absolute atomic E-state index is 0.0930. The number of rotatable bonds is 3. The largest absolute Gasteiger partial charge is 0.343 e. The van der Waals surface area contributed by atoms with Crippen molar-refractivity contribution in [2.75, 3.05) is 13.1 Å². The highest BCUT2D eigenvalue weighted by atomic mass is 16.5. The number of nitrogens with one attached hydrogen (secondary N) is 2. The van der Waals surface area contributed by atoms with Gasteiger partial charge in [0.2, 0.25) is 11.8 Å². The lowest BCUT2D eigenvalue weighted by atomic mass is 9.93. The summed E-state index contributed by atoms with van der Waals surface area (Å²) in [6.07, 6.45) is 3.99. The Morgan fingerprint density at radius 2 is 2.17 bits per heavy atom. The Kier molecular flexibility index (Phi) is 2.81. The molecule has 1 aromatic heterocycles. The molecule has 2 fully saturated rings. The second kappa shape index (κ2) is 4.35. The molecular formula is C12H18N4O2. The van der Waals surface area contributed by atoms with Crippen molar-refractivity contribution in [1.29, 1.82) is 0 Å². The van der Waals surface area contributed by atoms with Gasteiger partial charge in [-0.2, -0.15) is 4.98 Å². The molecule has 1 saturated carbocycles. The van der Waals surface area contributed by atoms with E-state index in [9.17, 15) is 4.79 Å². The summed E-state index contributed by atoms with van der Waals surface area (Å²) in [6, 6.07) is 0. The van der Waals surface area contributed by atoms with Crippen molar-refractivity contribution in [3.05, 3.63) is 11.7 Å². The van der Waals surface area contributed by atoms with Gasteiger partial charge >= 0.3 is 0 Å². The van der Waals surface area contributed by atoms with Gasteiger partial charge in [-0.15, -0.1) is 0 Å². The van der Waals surface area contributed by atoms with E-state index in [2.05, 4.69) is 20.8 Å². The molecule has 0 unspecified atom stereocenters. The summed E-state index contributed by atoms with van der Waals surface area (Å²) in [4.78, 5) is 16.4. The van der Waals surface area contributed by atoms with Gasteiger partial charge in [0, 0.05) is 20.0 Å². The predicted octanol–water partition coefficient (Wildman–Crippen LogP) is 0.483. The van der Waals surface area contributed by atoms with Crippen LogP contribution in [0.3, 0.4) is 0 Å². The summed E-state index contributed by atoms with van der Waals surface area (Å²) in [7, 11) is 0. The molecule has 6 heteroatoms. The molecule has 1 aliphatic carbocycles. The highest BCUT2D eigenvalue weighted by molar-refractivity contribution is 5.80. The lowest BCUT2D eigenvalue weighted by Gasteiger charge is -2.32. The maximum Gasteiger partial charge on any atom is 0.226 e. The zero-order valence-electron chi connectivity index (χ0n) is 10.5. The van der Waals surface area contributed by atoms with E-state index in [0.717, 1.165) is 38.8 Å². The van der Waals surface area contributed by atoms with E-state index in [4.69, 9.17) is 4.52 Å². The van der Waals surface area contributed by atoms with E-state index < -0.39 is 5.54 Å². The minimum atomic E-state index is -0.398. The molecule has 98 valence electrons. The average Bonchev–Trinajstić information content (AvgIpc) is 2.85. The molecule has 2 heterocycles. The number of hydrogen-bond donors (Lipinski definition) is 2. The number of hydrogen-bond acceptors (Lipinski definition) is 5. The maximum absolute atomic E-state index is 12.1. The molecular weight excluding hydrogens is 232 g/mol. The van der Waals surface area contributed by atoms with Gasteiger partial charge in [-0.3, -0.25) is 4.79 Å². The van der Waals surface area contributed by atoms with E-state index in [1.807, 2.05) is 0 Å². The van der Waals surface area contributed by atoms with Crippen LogP contribution in [0.2, 0.25) is 0 Å². The van der Waals surface area contributed by atoms with E-state index in [-0.39, 0.29) is 11.8 Å². The third kappa shape index (κ3) is 1.90. The van der Waals surface area contributed by atoms with Crippen molar-refractivity contribution in [3.8, 4) is 0 Å². The Hall–Kier alpha value is -1.43. The van der Waals surface area contributed by atoms with Crippen LogP contribution >= 0.6 is 0 Å². The maximum atomic E-state index is 12.1. The van der Waals surface area contributed by atoms with Gasteiger partial charge < -0.3 is 15.2 Å². The van der Waals surface area contributed by atoms with E-state index in [1.165, 1.54) is 0 Å². The molecule has 1 amide bonds. The van der Waals surface area contributed by atoms with Crippen molar-refractivity contribution in [1.82, 2.24) is 20.8 Å². The zero-order chi connectivity index (χ0) is 12.6. The van der Waals surface area contributed by atoms with Gasteiger partial charge in [0.25, 0.3) is 0 Å². The van der Waals surface area contributed by atoms with Gasteiger partial charge in [-0.1, -0.05) is 18.0 Å². The van der Waals surface area contributed by atoms with Gasteiger partial charge in [-0.25, -0.2) is 0 Å². The summed E-state index contributed by atoms with van der Waals surface area (Å²) in [5.41, 5.74) is -0.398. The number of nitrogens with zero attached hydrogens (tertiary/aromatic N) is 2. The lowest BCUT2D eigenvalue weighted by molar-refractivity contribution is -0.128. The smallest absolute Gasteiger partial charge is 0.226 e. The number of carbonyl (C=O) groups excluding carboxylic acids is 1. The van der Waals surface area contributed by atoms with Crippen molar-refractivity contribution in [3.63, 3.8) is 0 Å². The van der Waals surface area contributed by atoms with Crippen LogP contribution in [0.4, 0.5) is 0 Å².